The number of primary amides is 1. The molecule has 21 heteroatoms. The molecule has 4 aromatic rings. The Morgan fingerprint density at radius 1 is 0.893 bits per heavy atom. The maximum Gasteiger partial charge on any atom is 0.416 e. The topological polar surface area (TPSA) is 179 Å². The first-order chi connectivity index (χ1) is 26.0. The second kappa shape index (κ2) is 17.3. The highest BCUT2D eigenvalue weighted by Gasteiger charge is 2.34. The lowest BCUT2D eigenvalue weighted by Crippen LogP contribution is -2.39. The van der Waals surface area contributed by atoms with E-state index in [1.165, 1.54) is 39.3 Å². The van der Waals surface area contributed by atoms with Crippen LogP contribution in [0, 0.1) is 0 Å². The zero-order chi connectivity index (χ0) is 41.9. The number of anilines is 2. The molecule has 302 valence electrons. The third-order valence-electron chi connectivity index (χ3n) is 9.06. The summed E-state index contributed by atoms with van der Waals surface area (Å²) in [4.78, 5) is 54.0. The largest absolute Gasteiger partial charge is 0.416 e. The molecule has 0 radical (unpaired) electrons. The lowest BCUT2D eigenvalue weighted by molar-refractivity contribution is -0.144. The van der Waals surface area contributed by atoms with Gasteiger partial charge < -0.3 is 31.3 Å². The number of nitrogens with zero attached hydrogens (tertiary/aromatic N) is 5. The highest BCUT2D eigenvalue weighted by Crippen LogP contribution is 2.37. The van der Waals surface area contributed by atoms with E-state index in [2.05, 4.69) is 15.4 Å². The number of halogens is 8. The monoisotopic (exact) mass is 832 g/mol. The number of nitrogens with two attached hydrogens (primary N) is 2. The number of carbonyl (C=O) groups excluding carboxylic acids is 4. The second-order valence-corrected chi connectivity index (χ2v) is 13.5. The molecular weight excluding hydrogens is 797 g/mol. The van der Waals surface area contributed by atoms with Gasteiger partial charge in [0, 0.05) is 36.9 Å². The number of likely N-dealkylation sites (N-methyl/N-ethyl adjacent to an activating group) is 2. The van der Waals surface area contributed by atoms with Crippen molar-refractivity contribution >= 4 is 69.2 Å². The number of carbonyl (C=O) groups is 4. The van der Waals surface area contributed by atoms with Crippen molar-refractivity contribution in [2.45, 2.75) is 63.8 Å². The molecule has 13 nitrogen and oxygen atoms in total. The fraction of sp³-hybridized carbons (Fsp3) is 0.371. The van der Waals surface area contributed by atoms with Gasteiger partial charge in [-0.15, -0.1) is 0 Å². The average molecular weight is 834 g/mol. The van der Waals surface area contributed by atoms with Crippen LogP contribution in [0.1, 0.15) is 73.7 Å². The summed E-state index contributed by atoms with van der Waals surface area (Å²) in [6.07, 6.45) is -3.60. The zero-order valence-electron chi connectivity index (χ0n) is 30.1. The third kappa shape index (κ3) is 9.99. The Balaban J connectivity index is 0.000000296. The standard InChI is InChI=1S/C23H24ClF3N6O3.C12H12ClF3N2O2/c1-12(14-7-6-13(9-16(14)24)23(25,26)27)32(2)22(35)21(34)30-17-10-29-20(28)15-11-33(31-19(15)17)18-5-3-4-8-36-18;1-6(18(2)11(20)10(17)19)8-4-3-7(5-9(8)13)12(14,15)16/h6-7,9-12,18H,3-5,8H2,1-2H3,(H2,28,29)(H,30,34);3-6H,1-2H3,(H2,17,19). The number of amides is 4. The molecule has 0 bridgehead atoms. The number of nitrogens with one attached hydrogen (secondary N) is 1. The Kier molecular flexibility index (Phi) is 13.5. The molecule has 1 aliphatic rings. The van der Waals surface area contributed by atoms with Crippen LogP contribution in [0.15, 0.2) is 48.8 Å². The van der Waals surface area contributed by atoms with E-state index in [9.17, 15) is 45.5 Å². The van der Waals surface area contributed by atoms with Crippen molar-refractivity contribution in [2.24, 2.45) is 5.73 Å². The van der Waals surface area contributed by atoms with Crippen LogP contribution in [0.25, 0.3) is 10.9 Å². The van der Waals surface area contributed by atoms with E-state index in [1.54, 1.807) is 17.8 Å². The van der Waals surface area contributed by atoms with Crippen LogP contribution in [0.2, 0.25) is 10.0 Å². The number of nitrogen functional groups attached to an aromatic ring is 1. The van der Waals surface area contributed by atoms with E-state index in [1.807, 2.05) is 0 Å². The molecule has 3 atom stereocenters. The highest BCUT2D eigenvalue weighted by atomic mass is 35.5. The Labute approximate surface area is 325 Å². The van der Waals surface area contributed by atoms with Gasteiger partial charge in [-0.1, -0.05) is 35.3 Å². The first-order valence-corrected chi connectivity index (χ1v) is 17.4. The molecule has 2 aromatic heterocycles. The fourth-order valence-electron chi connectivity index (χ4n) is 5.58. The fourth-order valence-corrected chi connectivity index (χ4v) is 6.25. The van der Waals surface area contributed by atoms with Crippen molar-refractivity contribution < 1.29 is 50.3 Å². The van der Waals surface area contributed by atoms with Gasteiger partial charge in [0.1, 0.15) is 17.6 Å². The normalized spacial score (nSPS) is 15.6. The molecule has 0 saturated carbocycles. The van der Waals surface area contributed by atoms with Crippen LogP contribution in [-0.2, 0) is 36.3 Å². The summed E-state index contributed by atoms with van der Waals surface area (Å²) in [7, 11) is 2.66. The Morgan fingerprint density at radius 2 is 1.41 bits per heavy atom. The number of aromatic nitrogens is 3. The summed E-state index contributed by atoms with van der Waals surface area (Å²) >= 11 is 11.9. The predicted octanol–water partition coefficient (Wildman–Crippen LogP) is 6.91. The van der Waals surface area contributed by atoms with Gasteiger partial charge >= 0.3 is 36.0 Å². The number of ether oxygens (including phenoxy) is 1. The van der Waals surface area contributed by atoms with E-state index in [4.69, 9.17) is 39.4 Å². The quantitative estimate of drug-likeness (QED) is 0.139. The maximum absolute atomic E-state index is 12.9. The lowest BCUT2D eigenvalue weighted by atomic mass is 10.0. The van der Waals surface area contributed by atoms with Crippen molar-refractivity contribution in [3.8, 4) is 0 Å². The average Bonchev–Trinajstić information content (AvgIpc) is 3.61. The molecule has 1 saturated heterocycles. The summed E-state index contributed by atoms with van der Waals surface area (Å²) in [5.74, 6) is -3.81. The van der Waals surface area contributed by atoms with Gasteiger partial charge in [0.25, 0.3) is 0 Å². The summed E-state index contributed by atoms with van der Waals surface area (Å²) in [6.45, 7) is 3.68. The number of alkyl halides is 6. The maximum atomic E-state index is 12.9. The Hall–Kier alpha value is -5.14. The smallest absolute Gasteiger partial charge is 0.383 e. The SMILES string of the molecule is CC(c1ccc(C(F)(F)F)cc1Cl)N(C)C(=O)C(=O)Nc1cnc(N)c2cn(C3CCCCO3)nc12.CC(c1ccc(C(F)(F)F)cc1Cl)N(C)C(=O)C(N)=O. The molecular formula is C35H36Cl2F6N8O5. The predicted molar refractivity (Wildman–Crippen MR) is 194 cm³/mol. The lowest BCUT2D eigenvalue weighted by Gasteiger charge is -2.26. The number of fused-ring (bicyclic) bond motifs is 1. The molecule has 1 fully saturated rings. The van der Waals surface area contributed by atoms with Crippen molar-refractivity contribution in [1.82, 2.24) is 24.6 Å². The molecule has 5 N–H and O–H groups in total. The van der Waals surface area contributed by atoms with Crippen molar-refractivity contribution in [1.29, 1.82) is 0 Å². The van der Waals surface area contributed by atoms with Gasteiger partial charge in [0.05, 0.1) is 40.5 Å². The number of pyridine rings is 1. The zero-order valence-corrected chi connectivity index (χ0v) is 31.6. The minimum Gasteiger partial charge on any atom is -0.383 e. The van der Waals surface area contributed by atoms with E-state index in [0.717, 1.165) is 53.3 Å². The molecule has 5 rings (SSSR count). The van der Waals surface area contributed by atoms with Crippen LogP contribution in [-0.4, -0.2) is 68.9 Å². The Bertz CT molecular complexity index is 2120. The summed E-state index contributed by atoms with van der Waals surface area (Å²) in [5.41, 5.74) is 10.1. The van der Waals surface area contributed by atoms with Crippen LogP contribution in [0.3, 0.4) is 0 Å². The van der Waals surface area contributed by atoms with Gasteiger partial charge in [-0.25, -0.2) is 9.67 Å². The van der Waals surface area contributed by atoms with Crippen molar-refractivity contribution in [2.75, 3.05) is 31.8 Å². The van der Waals surface area contributed by atoms with Crippen LogP contribution in [0.4, 0.5) is 37.8 Å². The second-order valence-electron chi connectivity index (χ2n) is 12.7. The molecule has 56 heavy (non-hydrogen) atoms. The van der Waals surface area contributed by atoms with Gasteiger partial charge in [-0.3, -0.25) is 19.2 Å². The van der Waals surface area contributed by atoms with Crippen molar-refractivity contribution in [3.05, 3.63) is 81.1 Å². The molecule has 0 aliphatic carbocycles. The third-order valence-corrected chi connectivity index (χ3v) is 9.71. The number of benzene rings is 2. The summed E-state index contributed by atoms with van der Waals surface area (Å²) in [6, 6.07) is 4.17. The van der Waals surface area contributed by atoms with Crippen molar-refractivity contribution in [3.63, 3.8) is 0 Å². The highest BCUT2D eigenvalue weighted by molar-refractivity contribution is 6.40. The molecule has 4 amide bonds. The van der Waals surface area contributed by atoms with E-state index < -0.39 is 59.2 Å². The molecule has 0 spiro atoms. The minimum absolute atomic E-state index is 0.142. The first kappa shape index (κ1) is 43.6. The molecule has 2 aromatic carbocycles. The van der Waals surface area contributed by atoms with Crippen LogP contribution < -0.4 is 16.8 Å². The van der Waals surface area contributed by atoms with Crippen LogP contribution >= 0.6 is 23.2 Å². The van der Waals surface area contributed by atoms with Gasteiger partial charge in [-0.2, -0.15) is 31.4 Å². The number of hydrogen-bond donors (Lipinski definition) is 3. The Morgan fingerprint density at radius 3 is 1.86 bits per heavy atom. The van der Waals surface area contributed by atoms with E-state index >= 15 is 0 Å². The van der Waals surface area contributed by atoms with Crippen LogP contribution in [0.5, 0.6) is 0 Å². The number of hydrogen-bond acceptors (Lipinski definition) is 8. The minimum atomic E-state index is -4.55. The molecule has 3 unspecified atom stereocenters. The van der Waals surface area contributed by atoms with Gasteiger partial charge in [0.15, 0.2) is 0 Å². The first-order valence-electron chi connectivity index (χ1n) is 16.7. The van der Waals surface area contributed by atoms with E-state index in [-0.39, 0.29) is 38.9 Å². The number of rotatable bonds is 6. The van der Waals surface area contributed by atoms with Gasteiger partial charge in [-0.05, 0) is 68.5 Å². The van der Waals surface area contributed by atoms with E-state index in [0.29, 0.717) is 17.5 Å². The summed E-state index contributed by atoms with van der Waals surface area (Å²) < 4.78 is 83.7. The summed E-state index contributed by atoms with van der Waals surface area (Å²) in [5, 5.41) is 7.19. The van der Waals surface area contributed by atoms with Gasteiger partial charge in [0.2, 0.25) is 0 Å². The molecule has 1 aliphatic heterocycles. The molecule has 3 heterocycles.